The summed E-state index contributed by atoms with van der Waals surface area (Å²) in [6, 6.07) is 13.3. The van der Waals surface area contributed by atoms with Crippen molar-refractivity contribution in [2.75, 3.05) is 7.11 Å². The van der Waals surface area contributed by atoms with Crippen LogP contribution in [0.2, 0.25) is 5.02 Å². The first-order chi connectivity index (χ1) is 11.2. The van der Waals surface area contributed by atoms with Crippen LogP contribution in [0.3, 0.4) is 0 Å². The van der Waals surface area contributed by atoms with Gasteiger partial charge >= 0.3 is 5.97 Å². The average Bonchev–Trinajstić information content (AvgIpc) is 2.60. The molecule has 0 bridgehead atoms. The lowest BCUT2D eigenvalue weighted by atomic mass is 9.95. The predicted molar refractivity (Wildman–Crippen MR) is 88.6 cm³/mol. The Hall–Kier alpha value is -2.04. The molecule has 0 saturated carbocycles. The SMILES string of the molecule is COC(=O)[C@@H]1Cc2c(ccc(Cl)c2OCc2ccccc2)CN1. The number of nitrogens with one attached hydrogen (secondary N) is 1. The third kappa shape index (κ3) is 3.49. The smallest absolute Gasteiger partial charge is 0.323 e. The standard InChI is InChI=1S/C18H18ClNO3/c1-22-18(21)16-9-14-13(10-20-16)7-8-15(19)17(14)23-11-12-5-3-2-4-6-12/h2-8,16,20H,9-11H2,1H3/t16-/m0/s1. The lowest BCUT2D eigenvalue weighted by molar-refractivity contribution is -0.143. The number of benzene rings is 2. The van der Waals surface area contributed by atoms with E-state index in [1.807, 2.05) is 42.5 Å². The molecule has 1 N–H and O–H groups in total. The van der Waals surface area contributed by atoms with Crippen molar-refractivity contribution in [3.63, 3.8) is 0 Å². The highest BCUT2D eigenvalue weighted by Gasteiger charge is 2.28. The summed E-state index contributed by atoms with van der Waals surface area (Å²) in [5, 5.41) is 3.73. The molecule has 0 aromatic heterocycles. The largest absolute Gasteiger partial charge is 0.487 e. The Morgan fingerprint density at radius 2 is 2.04 bits per heavy atom. The number of fused-ring (bicyclic) bond motifs is 1. The fourth-order valence-electron chi connectivity index (χ4n) is 2.73. The number of hydrogen-bond donors (Lipinski definition) is 1. The predicted octanol–water partition coefficient (Wildman–Crippen LogP) is 3.11. The van der Waals surface area contributed by atoms with Gasteiger partial charge in [0.05, 0.1) is 12.1 Å². The van der Waals surface area contributed by atoms with Gasteiger partial charge < -0.3 is 14.8 Å². The Labute approximate surface area is 140 Å². The molecule has 5 heteroatoms. The lowest BCUT2D eigenvalue weighted by Gasteiger charge is -2.26. The van der Waals surface area contributed by atoms with Crippen LogP contribution >= 0.6 is 11.6 Å². The first-order valence-electron chi connectivity index (χ1n) is 7.47. The maximum absolute atomic E-state index is 11.8. The van der Waals surface area contributed by atoms with Crippen LogP contribution in [0.15, 0.2) is 42.5 Å². The maximum atomic E-state index is 11.8. The molecule has 0 aliphatic carbocycles. The van der Waals surface area contributed by atoms with Gasteiger partial charge in [0.1, 0.15) is 18.4 Å². The van der Waals surface area contributed by atoms with Crippen LogP contribution in [0.5, 0.6) is 5.75 Å². The molecule has 2 aromatic carbocycles. The fraction of sp³-hybridized carbons (Fsp3) is 0.278. The van der Waals surface area contributed by atoms with E-state index in [0.29, 0.717) is 30.3 Å². The van der Waals surface area contributed by atoms with Gasteiger partial charge in [-0.2, -0.15) is 0 Å². The van der Waals surface area contributed by atoms with Crippen LogP contribution in [-0.4, -0.2) is 19.1 Å². The van der Waals surface area contributed by atoms with Gasteiger partial charge in [-0.1, -0.05) is 48.0 Å². The molecule has 3 rings (SSSR count). The average molecular weight is 332 g/mol. The first-order valence-corrected chi connectivity index (χ1v) is 7.85. The van der Waals surface area contributed by atoms with Crippen LogP contribution in [0.4, 0.5) is 0 Å². The van der Waals surface area contributed by atoms with Gasteiger partial charge in [0.15, 0.2) is 0 Å². The van der Waals surface area contributed by atoms with E-state index in [1.54, 1.807) is 0 Å². The molecule has 0 spiro atoms. The summed E-state index contributed by atoms with van der Waals surface area (Å²) in [6.07, 6.45) is 0.507. The Balaban J connectivity index is 1.84. The lowest BCUT2D eigenvalue weighted by Crippen LogP contribution is -2.42. The molecule has 23 heavy (non-hydrogen) atoms. The summed E-state index contributed by atoms with van der Waals surface area (Å²) in [6.45, 7) is 1.03. The molecule has 1 atom stereocenters. The summed E-state index contributed by atoms with van der Waals surface area (Å²) in [5.74, 6) is 0.382. The van der Waals surface area contributed by atoms with Crippen molar-refractivity contribution in [2.24, 2.45) is 0 Å². The highest BCUT2D eigenvalue weighted by molar-refractivity contribution is 6.32. The van der Waals surface area contributed by atoms with Gasteiger partial charge in [-0.3, -0.25) is 4.79 Å². The summed E-state index contributed by atoms with van der Waals surface area (Å²) in [4.78, 5) is 11.8. The molecule has 1 heterocycles. The van der Waals surface area contributed by atoms with Gasteiger partial charge in [0.25, 0.3) is 0 Å². The van der Waals surface area contributed by atoms with Crippen molar-refractivity contribution < 1.29 is 14.3 Å². The normalized spacial score (nSPS) is 16.5. The highest BCUT2D eigenvalue weighted by atomic mass is 35.5. The number of esters is 1. The molecular weight excluding hydrogens is 314 g/mol. The Bertz CT molecular complexity index is 703. The summed E-state index contributed by atoms with van der Waals surface area (Å²) < 4.78 is 10.8. The third-order valence-electron chi connectivity index (χ3n) is 3.97. The van der Waals surface area contributed by atoms with Crippen LogP contribution in [0.1, 0.15) is 16.7 Å². The van der Waals surface area contributed by atoms with Crippen molar-refractivity contribution >= 4 is 17.6 Å². The molecule has 0 fully saturated rings. The summed E-state index contributed by atoms with van der Waals surface area (Å²) in [5.41, 5.74) is 3.14. The molecular formula is C18H18ClNO3. The minimum atomic E-state index is -0.370. The Morgan fingerprint density at radius 1 is 1.26 bits per heavy atom. The van der Waals surface area contributed by atoms with Gasteiger partial charge in [0.2, 0.25) is 0 Å². The van der Waals surface area contributed by atoms with Gasteiger partial charge in [0, 0.05) is 18.5 Å². The third-order valence-corrected chi connectivity index (χ3v) is 4.27. The summed E-state index contributed by atoms with van der Waals surface area (Å²) in [7, 11) is 1.39. The number of rotatable bonds is 4. The molecule has 1 aliphatic rings. The number of hydrogen-bond acceptors (Lipinski definition) is 4. The van der Waals surface area contributed by atoms with E-state index < -0.39 is 0 Å². The van der Waals surface area contributed by atoms with E-state index >= 15 is 0 Å². The molecule has 4 nitrogen and oxygen atoms in total. The second kappa shape index (κ2) is 7.02. The number of carbonyl (C=O) groups is 1. The zero-order valence-corrected chi connectivity index (χ0v) is 13.6. The van der Waals surface area contributed by atoms with Crippen molar-refractivity contribution in [3.8, 4) is 5.75 Å². The van der Waals surface area contributed by atoms with Crippen LogP contribution in [-0.2, 0) is 29.1 Å². The quantitative estimate of drug-likeness (QED) is 0.875. The second-order valence-corrected chi connectivity index (χ2v) is 5.86. The van der Waals surface area contributed by atoms with Crippen molar-refractivity contribution in [3.05, 3.63) is 64.2 Å². The van der Waals surface area contributed by atoms with Crippen LogP contribution in [0, 0.1) is 0 Å². The zero-order valence-electron chi connectivity index (χ0n) is 12.8. The fourth-order valence-corrected chi connectivity index (χ4v) is 2.97. The van der Waals surface area contributed by atoms with Gasteiger partial charge in [-0.15, -0.1) is 0 Å². The van der Waals surface area contributed by atoms with Gasteiger partial charge in [-0.05, 0) is 17.2 Å². The van der Waals surface area contributed by atoms with Crippen molar-refractivity contribution in [2.45, 2.75) is 25.6 Å². The van der Waals surface area contributed by atoms with Crippen LogP contribution in [0.25, 0.3) is 0 Å². The minimum absolute atomic E-state index is 0.273. The molecule has 1 aliphatic heterocycles. The van der Waals surface area contributed by atoms with E-state index in [2.05, 4.69) is 5.32 Å². The van der Waals surface area contributed by atoms with E-state index in [0.717, 1.165) is 16.7 Å². The molecule has 120 valence electrons. The number of halogens is 1. The maximum Gasteiger partial charge on any atom is 0.323 e. The van der Waals surface area contributed by atoms with Crippen LogP contribution < -0.4 is 10.1 Å². The monoisotopic (exact) mass is 331 g/mol. The van der Waals surface area contributed by atoms with E-state index in [1.165, 1.54) is 7.11 Å². The molecule has 0 saturated heterocycles. The Morgan fingerprint density at radius 3 is 2.78 bits per heavy atom. The number of methoxy groups -OCH3 is 1. The van der Waals surface area contributed by atoms with Crippen molar-refractivity contribution in [1.29, 1.82) is 0 Å². The van der Waals surface area contributed by atoms with E-state index in [-0.39, 0.29) is 12.0 Å². The number of carbonyl (C=O) groups excluding carboxylic acids is 1. The molecule has 0 radical (unpaired) electrons. The van der Waals surface area contributed by atoms with E-state index in [9.17, 15) is 4.79 Å². The highest BCUT2D eigenvalue weighted by Crippen LogP contribution is 2.35. The van der Waals surface area contributed by atoms with Crippen molar-refractivity contribution in [1.82, 2.24) is 5.32 Å². The topological polar surface area (TPSA) is 47.6 Å². The molecule has 0 amide bonds. The first kappa shape index (κ1) is 15.8. The summed E-state index contributed by atoms with van der Waals surface area (Å²) >= 11 is 6.33. The number of ether oxygens (including phenoxy) is 2. The molecule has 2 aromatic rings. The minimum Gasteiger partial charge on any atom is -0.487 e. The molecule has 0 unspecified atom stereocenters. The van der Waals surface area contributed by atoms with Gasteiger partial charge in [-0.25, -0.2) is 0 Å². The van der Waals surface area contributed by atoms with E-state index in [4.69, 9.17) is 21.1 Å². The Kier molecular flexibility index (Phi) is 4.84. The zero-order chi connectivity index (χ0) is 16.2. The second-order valence-electron chi connectivity index (χ2n) is 5.45.